The van der Waals surface area contributed by atoms with Gasteiger partial charge < -0.3 is 14.6 Å². The van der Waals surface area contributed by atoms with E-state index in [1.807, 2.05) is 17.5 Å². The fourth-order valence-corrected chi connectivity index (χ4v) is 7.18. The number of morpholine rings is 1. The van der Waals surface area contributed by atoms with E-state index in [1.54, 1.807) is 0 Å². The highest BCUT2D eigenvalue weighted by molar-refractivity contribution is 7.22. The van der Waals surface area contributed by atoms with Crippen LogP contribution in [0.2, 0.25) is 0 Å². The molecule has 6 nitrogen and oxygen atoms in total. The van der Waals surface area contributed by atoms with Crippen LogP contribution in [0.15, 0.2) is 42.6 Å². The van der Waals surface area contributed by atoms with Crippen molar-refractivity contribution >= 4 is 38.1 Å². The van der Waals surface area contributed by atoms with Crippen molar-refractivity contribution in [1.82, 2.24) is 19.8 Å². The summed E-state index contributed by atoms with van der Waals surface area (Å²) in [4.78, 5) is 17.1. The molecule has 8 heteroatoms. The van der Waals surface area contributed by atoms with Crippen molar-refractivity contribution in [2.24, 2.45) is 0 Å². The number of thiophene rings is 1. The second kappa shape index (κ2) is 9.41. The van der Waals surface area contributed by atoms with Crippen LogP contribution in [0.1, 0.15) is 18.5 Å². The molecule has 1 aromatic carbocycles. The molecule has 6 heterocycles. The molecule has 3 fully saturated rings. The number of likely N-dealkylation sites (tertiary alicyclic amines) is 2. The second-order valence-electron chi connectivity index (χ2n) is 10.4. The molecule has 3 saturated heterocycles. The Morgan fingerprint density at radius 1 is 1.03 bits per heavy atom. The Morgan fingerprint density at radius 3 is 2.67 bits per heavy atom. The lowest BCUT2D eigenvalue weighted by Crippen LogP contribution is -2.56. The van der Waals surface area contributed by atoms with Gasteiger partial charge in [0.25, 0.3) is 0 Å². The van der Waals surface area contributed by atoms with Gasteiger partial charge in [-0.25, -0.2) is 9.37 Å². The average Bonchev–Trinajstić information content (AvgIpc) is 3.55. The zero-order valence-electron chi connectivity index (χ0n) is 20.5. The van der Waals surface area contributed by atoms with E-state index in [9.17, 15) is 4.39 Å². The maximum Gasteiger partial charge on any atom is 0.137 e. The van der Waals surface area contributed by atoms with Gasteiger partial charge >= 0.3 is 0 Å². The van der Waals surface area contributed by atoms with E-state index in [2.05, 4.69) is 56.1 Å². The molecule has 188 valence electrons. The number of halogens is 1. The van der Waals surface area contributed by atoms with E-state index in [0.717, 1.165) is 70.3 Å². The van der Waals surface area contributed by atoms with Crippen molar-refractivity contribution in [1.29, 1.82) is 0 Å². The van der Waals surface area contributed by atoms with Crippen LogP contribution in [0.3, 0.4) is 0 Å². The number of aromatic nitrogens is 2. The maximum absolute atomic E-state index is 13.3. The number of pyridine rings is 1. The molecule has 1 N–H and O–H groups in total. The van der Waals surface area contributed by atoms with Crippen LogP contribution in [0.25, 0.3) is 31.4 Å². The molecule has 0 bridgehead atoms. The first-order valence-corrected chi connectivity index (χ1v) is 14.0. The van der Waals surface area contributed by atoms with E-state index < -0.39 is 6.17 Å². The summed E-state index contributed by atoms with van der Waals surface area (Å²) in [6, 6.07) is 13.8. The molecule has 0 radical (unpaired) electrons. The number of piperidine rings is 1. The van der Waals surface area contributed by atoms with Crippen molar-refractivity contribution in [3.63, 3.8) is 0 Å². The summed E-state index contributed by atoms with van der Waals surface area (Å²) in [6.07, 6.45) is 3.64. The maximum atomic E-state index is 13.3. The Balaban J connectivity index is 1.19. The minimum absolute atomic E-state index is 0.545. The molecular weight excluding hydrogens is 473 g/mol. The van der Waals surface area contributed by atoms with Crippen LogP contribution >= 0.6 is 11.3 Å². The number of anilines is 1. The normalized spacial score (nSPS) is 21.0. The van der Waals surface area contributed by atoms with Gasteiger partial charge in [0.15, 0.2) is 0 Å². The zero-order chi connectivity index (χ0) is 24.1. The van der Waals surface area contributed by atoms with Gasteiger partial charge in [0.1, 0.15) is 12.0 Å². The largest absolute Gasteiger partial charge is 0.378 e. The molecular formula is C28H32FN5OS. The molecule has 0 amide bonds. The lowest BCUT2D eigenvalue weighted by atomic mass is 9.99. The SMILES string of the molecule is FC1CN(C2CCN(Cc3cc4sc(-c5cccc6[nH]ccc56)cc4c(N4CCOCC4)n3)CC2)C1. The Bertz CT molecular complexity index is 1370. The summed E-state index contributed by atoms with van der Waals surface area (Å²) in [5.74, 6) is 1.10. The number of benzene rings is 1. The summed E-state index contributed by atoms with van der Waals surface area (Å²) < 4.78 is 20.2. The Labute approximate surface area is 214 Å². The van der Waals surface area contributed by atoms with Crippen LogP contribution in [0, 0.1) is 0 Å². The summed E-state index contributed by atoms with van der Waals surface area (Å²) in [7, 11) is 0. The highest BCUT2D eigenvalue weighted by Crippen LogP contribution is 2.40. The highest BCUT2D eigenvalue weighted by Gasteiger charge is 2.34. The quantitative estimate of drug-likeness (QED) is 0.418. The summed E-state index contributed by atoms with van der Waals surface area (Å²) >= 11 is 1.87. The molecule has 0 saturated carbocycles. The summed E-state index contributed by atoms with van der Waals surface area (Å²) in [5.41, 5.74) is 3.58. The molecule has 4 aromatic rings. The third-order valence-corrected chi connectivity index (χ3v) is 9.16. The molecule has 0 unspecified atom stereocenters. The highest BCUT2D eigenvalue weighted by atomic mass is 32.1. The first-order valence-electron chi connectivity index (χ1n) is 13.1. The van der Waals surface area contributed by atoms with E-state index in [1.165, 1.54) is 31.4 Å². The number of hydrogen-bond donors (Lipinski definition) is 1. The standard InChI is InChI=1S/C28H32FN5OS/c29-19-16-34(17-19)21-5-8-32(9-6-21)18-20-14-26-24(28(31-20)33-10-12-35-13-11-33)15-27(36-26)23-2-1-3-25-22(23)4-7-30-25/h1-4,7,14-15,19,21,30H,5-6,8-13,16-18H2. The number of nitrogens with one attached hydrogen (secondary N) is 1. The minimum Gasteiger partial charge on any atom is -0.378 e. The predicted molar refractivity (Wildman–Crippen MR) is 145 cm³/mol. The molecule has 0 atom stereocenters. The van der Waals surface area contributed by atoms with E-state index in [0.29, 0.717) is 19.1 Å². The third-order valence-electron chi connectivity index (χ3n) is 8.04. The van der Waals surface area contributed by atoms with E-state index >= 15 is 0 Å². The predicted octanol–water partition coefficient (Wildman–Crippen LogP) is 4.90. The Kier molecular flexibility index (Phi) is 5.92. The monoisotopic (exact) mass is 505 g/mol. The van der Waals surface area contributed by atoms with Crippen LogP contribution in [0.5, 0.6) is 0 Å². The summed E-state index contributed by atoms with van der Waals surface area (Å²) in [6.45, 7) is 7.47. The Morgan fingerprint density at radius 2 is 1.86 bits per heavy atom. The molecule has 36 heavy (non-hydrogen) atoms. The third kappa shape index (κ3) is 4.20. The van der Waals surface area contributed by atoms with Crippen LogP contribution < -0.4 is 4.90 Å². The first-order chi connectivity index (χ1) is 17.7. The number of nitrogens with zero attached hydrogens (tertiary/aromatic N) is 4. The van der Waals surface area contributed by atoms with E-state index in [-0.39, 0.29) is 0 Å². The van der Waals surface area contributed by atoms with Crippen LogP contribution in [0.4, 0.5) is 10.2 Å². The first kappa shape index (κ1) is 22.7. The molecule has 3 aliphatic heterocycles. The summed E-state index contributed by atoms with van der Waals surface area (Å²) in [5, 5.41) is 2.50. The number of hydrogen-bond acceptors (Lipinski definition) is 6. The van der Waals surface area contributed by atoms with Gasteiger partial charge in [-0.3, -0.25) is 9.80 Å². The van der Waals surface area contributed by atoms with Crippen molar-refractivity contribution in [3.8, 4) is 10.4 Å². The van der Waals surface area contributed by atoms with Gasteiger partial charge in [0, 0.05) is 89.5 Å². The van der Waals surface area contributed by atoms with Gasteiger partial charge in [0.2, 0.25) is 0 Å². The van der Waals surface area contributed by atoms with Gasteiger partial charge in [-0.1, -0.05) is 12.1 Å². The number of H-pyrrole nitrogens is 1. The van der Waals surface area contributed by atoms with E-state index in [4.69, 9.17) is 9.72 Å². The topological polar surface area (TPSA) is 47.6 Å². The number of rotatable bonds is 5. The Hall–Kier alpha value is -2.52. The molecule has 3 aromatic heterocycles. The average molecular weight is 506 g/mol. The van der Waals surface area contributed by atoms with Crippen molar-refractivity contribution in [3.05, 3.63) is 48.3 Å². The van der Waals surface area contributed by atoms with Gasteiger partial charge in [-0.2, -0.15) is 0 Å². The minimum atomic E-state index is -0.613. The fraction of sp³-hybridized carbons (Fsp3) is 0.464. The number of aromatic amines is 1. The van der Waals surface area contributed by atoms with Crippen molar-refractivity contribution < 1.29 is 9.13 Å². The van der Waals surface area contributed by atoms with Crippen LogP contribution in [-0.2, 0) is 11.3 Å². The van der Waals surface area contributed by atoms with Gasteiger partial charge in [-0.15, -0.1) is 11.3 Å². The lowest BCUT2D eigenvalue weighted by molar-refractivity contribution is 0.00109. The fourth-order valence-electron chi connectivity index (χ4n) is 6.02. The molecule has 0 spiro atoms. The van der Waals surface area contributed by atoms with Crippen LogP contribution in [-0.4, -0.2) is 84.5 Å². The van der Waals surface area contributed by atoms with Gasteiger partial charge in [-0.05, 0) is 37.1 Å². The molecule has 0 aliphatic carbocycles. The molecule has 3 aliphatic rings. The zero-order valence-corrected chi connectivity index (χ0v) is 21.3. The van der Waals surface area contributed by atoms with Gasteiger partial charge in [0.05, 0.1) is 18.9 Å². The smallest absolute Gasteiger partial charge is 0.137 e. The number of alkyl halides is 1. The number of fused-ring (bicyclic) bond motifs is 2. The van der Waals surface area contributed by atoms with Crippen molar-refractivity contribution in [2.45, 2.75) is 31.6 Å². The van der Waals surface area contributed by atoms with Crippen molar-refractivity contribution in [2.75, 3.05) is 57.4 Å². The number of ether oxygens (including phenoxy) is 1. The lowest BCUT2D eigenvalue weighted by Gasteiger charge is -2.44. The second-order valence-corrected chi connectivity index (χ2v) is 11.4. The molecule has 7 rings (SSSR count).